The van der Waals surface area contributed by atoms with Gasteiger partial charge in [0.15, 0.2) is 0 Å². The second-order valence-electron chi connectivity index (χ2n) is 4.61. The van der Waals surface area contributed by atoms with Gasteiger partial charge in [-0.3, -0.25) is 4.79 Å². The zero-order valence-electron chi connectivity index (χ0n) is 8.95. The summed E-state index contributed by atoms with van der Waals surface area (Å²) in [5, 5.41) is 3.36. The molecule has 0 aromatic heterocycles. The molecule has 0 saturated heterocycles. The van der Waals surface area contributed by atoms with Gasteiger partial charge in [0, 0.05) is 6.04 Å². The van der Waals surface area contributed by atoms with E-state index in [1.165, 1.54) is 32.8 Å². The van der Waals surface area contributed by atoms with Gasteiger partial charge in [-0.2, -0.15) is 0 Å². The number of hydrogen-bond donors (Lipinski definition) is 1. The summed E-state index contributed by atoms with van der Waals surface area (Å²) in [5.41, 5.74) is 0. The molecular weight excluding hydrogens is 178 g/mol. The van der Waals surface area contributed by atoms with Crippen LogP contribution < -0.4 is 5.32 Å². The maximum atomic E-state index is 11.2. The van der Waals surface area contributed by atoms with E-state index >= 15 is 0 Å². The molecule has 14 heavy (non-hydrogen) atoms. The number of esters is 1. The first-order chi connectivity index (χ1) is 6.72. The molecule has 0 heterocycles. The summed E-state index contributed by atoms with van der Waals surface area (Å²) in [5.74, 6) is 1.63. The Labute approximate surface area is 85.2 Å². The summed E-state index contributed by atoms with van der Waals surface area (Å²) in [4.78, 5) is 11.2. The molecule has 0 aromatic rings. The van der Waals surface area contributed by atoms with Crippen molar-refractivity contribution >= 4 is 5.97 Å². The fourth-order valence-electron chi connectivity index (χ4n) is 2.95. The Morgan fingerprint density at radius 1 is 1.50 bits per heavy atom. The summed E-state index contributed by atoms with van der Waals surface area (Å²) in [6, 6.07) is 0.420. The maximum absolute atomic E-state index is 11.2. The number of methoxy groups -OCH3 is 1. The van der Waals surface area contributed by atoms with Crippen LogP contribution in [0.3, 0.4) is 0 Å². The van der Waals surface area contributed by atoms with Gasteiger partial charge in [0.1, 0.15) is 6.04 Å². The van der Waals surface area contributed by atoms with Crippen molar-refractivity contribution in [1.29, 1.82) is 0 Å². The van der Waals surface area contributed by atoms with E-state index in [-0.39, 0.29) is 12.0 Å². The van der Waals surface area contributed by atoms with Crippen molar-refractivity contribution in [1.82, 2.24) is 5.32 Å². The lowest BCUT2D eigenvalue weighted by molar-refractivity contribution is -0.143. The first kappa shape index (κ1) is 9.97. The summed E-state index contributed by atoms with van der Waals surface area (Å²) < 4.78 is 4.69. The molecule has 0 bridgehead atoms. The van der Waals surface area contributed by atoms with Crippen LogP contribution in [0.2, 0.25) is 0 Å². The second kappa shape index (κ2) is 3.89. The fraction of sp³-hybridized carbons (Fsp3) is 0.909. The van der Waals surface area contributed by atoms with Gasteiger partial charge in [0.05, 0.1) is 7.11 Å². The van der Waals surface area contributed by atoms with Crippen LogP contribution in [0.5, 0.6) is 0 Å². The molecule has 0 radical (unpaired) electrons. The van der Waals surface area contributed by atoms with E-state index < -0.39 is 0 Å². The fourth-order valence-corrected chi connectivity index (χ4v) is 2.95. The minimum Gasteiger partial charge on any atom is -0.468 e. The van der Waals surface area contributed by atoms with Gasteiger partial charge in [-0.1, -0.05) is 12.8 Å². The number of carbonyl (C=O) groups is 1. The molecular formula is C11H19NO2. The molecule has 2 aliphatic rings. The first-order valence-corrected chi connectivity index (χ1v) is 5.56. The Hall–Kier alpha value is -0.570. The van der Waals surface area contributed by atoms with Gasteiger partial charge in [-0.05, 0) is 31.6 Å². The van der Waals surface area contributed by atoms with Crippen molar-refractivity contribution in [3.8, 4) is 0 Å². The number of carbonyl (C=O) groups excluding carboxylic acids is 1. The molecule has 0 amide bonds. The second-order valence-corrected chi connectivity index (χ2v) is 4.61. The van der Waals surface area contributed by atoms with Crippen LogP contribution in [-0.4, -0.2) is 25.2 Å². The Kier molecular flexibility index (Phi) is 2.77. The van der Waals surface area contributed by atoms with Crippen molar-refractivity contribution in [2.45, 2.75) is 44.7 Å². The van der Waals surface area contributed by atoms with Crippen LogP contribution in [-0.2, 0) is 9.53 Å². The average Bonchev–Trinajstić information content (AvgIpc) is 2.54. The molecule has 1 N–H and O–H groups in total. The molecule has 2 fully saturated rings. The Balaban J connectivity index is 1.79. The quantitative estimate of drug-likeness (QED) is 0.694. The minimum atomic E-state index is -0.147. The average molecular weight is 197 g/mol. The van der Waals surface area contributed by atoms with Gasteiger partial charge < -0.3 is 10.1 Å². The highest BCUT2D eigenvalue weighted by Gasteiger charge is 2.44. The van der Waals surface area contributed by atoms with Crippen molar-refractivity contribution < 1.29 is 9.53 Å². The van der Waals surface area contributed by atoms with Crippen LogP contribution >= 0.6 is 0 Å². The van der Waals surface area contributed by atoms with Crippen molar-refractivity contribution in [3.63, 3.8) is 0 Å². The summed E-state index contributed by atoms with van der Waals surface area (Å²) >= 11 is 0. The van der Waals surface area contributed by atoms with Gasteiger partial charge >= 0.3 is 5.97 Å². The molecule has 0 aliphatic heterocycles. The molecule has 2 rings (SSSR count). The highest BCUT2D eigenvalue weighted by molar-refractivity contribution is 5.75. The maximum Gasteiger partial charge on any atom is 0.322 e. The molecule has 0 aromatic carbocycles. The molecule has 2 aliphatic carbocycles. The predicted octanol–water partition coefficient (Wildman–Crippen LogP) is 1.33. The van der Waals surface area contributed by atoms with E-state index in [0.29, 0.717) is 6.04 Å². The van der Waals surface area contributed by atoms with E-state index in [4.69, 9.17) is 4.74 Å². The zero-order chi connectivity index (χ0) is 10.1. The number of hydrogen-bond acceptors (Lipinski definition) is 3. The molecule has 3 heteroatoms. The highest BCUT2D eigenvalue weighted by Crippen LogP contribution is 2.46. The molecule has 4 atom stereocenters. The summed E-state index contributed by atoms with van der Waals surface area (Å²) in [6.45, 7) is 1.88. The number of ether oxygens (including phenoxy) is 1. The third-order valence-electron chi connectivity index (χ3n) is 3.81. The third kappa shape index (κ3) is 1.65. The summed E-state index contributed by atoms with van der Waals surface area (Å²) in [7, 11) is 1.44. The van der Waals surface area contributed by atoms with E-state index in [0.717, 1.165) is 11.8 Å². The lowest BCUT2D eigenvalue weighted by Gasteiger charge is -2.42. The van der Waals surface area contributed by atoms with E-state index in [9.17, 15) is 4.79 Å². The van der Waals surface area contributed by atoms with E-state index in [1.54, 1.807) is 0 Å². The standard InChI is InChI=1S/C11H19NO2/c1-7(11(13)14-2)12-10-6-8-4-3-5-9(8)10/h7-10,12H,3-6H2,1-2H3/t7?,8-,9-,10?/m0/s1. The molecule has 2 saturated carbocycles. The zero-order valence-corrected chi connectivity index (χ0v) is 8.95. The van der Waals surface area contributed by atoms with Crippen LogP contribution in [0.25, 0.3) is 0 Å². The van der Waals surface area contributed by atoms with Crippen molar-refractivity contribution in [2.24, 2.45) is 11.8 Å². The topological polar surface area (TPSA) is 38.3 Å². The van der Waals surface area contributed by atoms with Gasteiger partial charge in [-0.25, -0.2) is 0 Å². The van der Waals surface area contributed by atoms with Gasteiger partial charge in [-0.15, -0.1) is 0 Å². The Morgan fingerprint density at radius 2 is 2.29 bits per heavy atom. The first-order valence-electron chi connectivity index (χ1n) is 5.56. The lowest BCUT2D eigenvalue weighted by atomic mass is 9.71. The number of rotatable bonds is 3. The van der Waals surface area contributed by atoms with E-state index in [1.807, 2.05) is 6.92 Å². The van der Waals surface area contributed by atoms with Crippen molar-refractivity contribution in [3.05, 3.63) is 0 Å². The van der Waals surface area contributed by atoms with Crippen LogP contribution in [0, 0.1) is 11.8 Å². The SMILES string of the molecule is COC(=O)C(C)NC1C[C@@H]2CCC[C@H]12. The van der Waals surface area contributed by atoms with Crippen LogP contribution in [0.15, 0.2) is 0 Å². The Morgan fingerprint density at radius 3 is 2.93 bits per heavy atom. The van der Waals surface area contributed by atoms with Crippen molar-refractivity contribution in [2.75, 3.05) is 7.11 Å². The van der Waals surface area contributed by atoms with Gasteiger partial charge in [0.25, 0.3) is 0 Å². The largest absolute Gasteiger partial charge is 0.468 e. The summed E-state index contributed by atoms with van der Waals surface area (Å²) in [6.07, 6.45) is 5.37. The minimum absolute atomic E-state index is 0.147. The smallest absolute Gasteiger partial charge is 0.322 e. The molecule has 80 valence electrons. The normalized spacial score (nSPS) is 37.1. The number of fused-ring (bicyclic) bond motifs is 1. The molecule has 2 unspecified atom stereocenters. The van der Waals surface area contributed by atoms with E-state index in [2.05, 4.69) is 5.32 Å². The Bertz CT molecular complexity index is 229. The number of nitrogens with one attached hydrogen (secondary N) is 1. The highest BCUT2D eigenvalue weighted by atomic mass is 16.5. The monoisotopic (exact) mass is 197 g/mol. The molecule has 3 nitrogen and oxygen atoms in total. The molecule has 0 spiro atoms. The van der Waals surface area contributed by atoms with Crippen LogP contribution in [0.1, 0.15) is 32.6 Å². The van der Waals surface area contributed by atoms with Gasteiger partial charge in [0.2, 0.25) is 0 Å². The lowest BCUT2D eigenvalue weighted by Crippen LogP contribution is -2.53. The van der Waals surface area contributed by atoms with Crippen LogP contribution in [0.4, 0.5) is 0 Å². The third-order valence-corrected chi connectivity index (χ3v) is 3.81. The predicted molar refractivity (Wildman–Crippen MR) is 53.8 cm³/mol.